The van der Waals surface area contributed by atoms with Gasteiger partial charge in [-0.25, -0.2) is 13.8 Å². The fraction of sp³-hybridized carbons (Fsp3) is 0.250. The molecule has 39 heavy (non-hydrogen) atoms. The van der Waals surface area contributed by atoms with Gasteiger partial charge in [-0.2, -0.15) is 0 Å². The molecule has 7 heteroatoms. The van der Waals surface area contributed by atoms with Gasteiger partial charge in [-0.1, -0.05) is 61.7 Å². The molecule has 0 N–H and O–H groups in total. The topological polar surface area (TPSA) is 37.6 Å². The van der Waals surface area contributed by atoms with Crippen LogP contribution >= 0.6 is 11.8 Å². The van der Waals surface area contributed by atoms with E-state index in [0.29, 0.717) is 16.6 Å². The smallest absolute Gasteiger partial charge is 0.267 e. The van der Waals surface area contributed by atoms with Crippen molar-refractivity contribution in [2.45, 2.75) is 51.6 Å². The molecule has 6 rings (SSSR count). The summed E-state index contributed by atoms with van der Waals surface area (Å²) in [5.74, 6) is -0.735. The fourth-order valence-corrected chi connectivity index (χ4v) is 6.65. The van der Waals surface area contributed by atoms with Gasteiger partial charge < -0.3 is 4.57 Å². The van der Waals surface area contributed by atoms with Crippen LogP contribution in [0.1, 0.15) is 48.9 Å². The van der Waals surface area contributed by atoms with Crippen molar-refractivity contribution in [1.82, 2.24) is 9.47 Å². The van der Waals surface area contributed by atoms with Gasteiger partial charge in [0.05, 0.1) is 4.91 Å². The number of para-hydroxylation sites is 2. The predicted octanol–water partition coefficient (Wildman–Crippen LogP) is 8.21. The molecule has 2 heterocycles. The molecular weight excluding hydrogens is 512 g/mol. The minimum absolute atomic E-state index is 0.0658. The lowest BCUT2D eigenvalue weighted by Crippen LogP contribution is -2.40. The first-order valence-electron chi connectivity index (χ1n) is 13.4. The number of hydrogen-bond donors (Lipinski definition) is 0. The van der Waals surface area contributed by atoms with E-state index in [1.54, 1.807) is 35.2 Å². The summed E-state index contributed by atoms with van der Waals surface area (Å²) in [6, 6.07) is 21.2. The molecule has 4 nitrogen and oxygen atoms in total. The van der Waals surface area contributed by atoms with Gasteiger partial charge in [0.25, 0.3) is 5.91 Å². The minimum atomic E-state index is -0.404. The van der Waals surface area contributed by atoms with Crippen LogP contribution in [0, 0.1) is 18.6 Å². The Labute approximate surface area is 231 Å². The molecule has 4 aromatic rings. The summed E-state index contributed by atoms with van der Waals surface area (Å²) < 4.78 is 30.2. The van der Waals surface area contributed by atoms with E-state index in [9.17, 15) is 13.6 Å². The van der Waals surface area contributed by atoms with E-state index >= 15 is 0 Å². The summed E-state index contributed by atoms with van der Waals surface area (Å²) in [4.78, 5) is 20.9. The number of carbonyl (C=O) groups is 1. The lowest BCUT2D eigenvalue weighted by Gasteiger charge is -2.30. The van der Waals surface area contributed by atoms with Gasteiger partial charge in [0.2, 0.25) is 0 Å². The third-order valence-electron chi connectivity index (χ3n) is 7.65. The van der Waals surface area contributed by atoms with Crippen LogP contribution in [0.2, 0.25) is 0 Å². The molecule has 1 saturated heterocycles. The second-order valence-electron chi connectivity index (χ2n) is 10.2. The maximum absolute atomic E-state index is 14.5. The standard InChI is InChI=1S/C32H29F2N3OS/c1-21-26(25-11-5-8-14-29(25)36(21)20-22-15-17-23(33)18-16-22)19-30-31(38)37(24-9-3-2-4-10-24)32(39-30)35-28-13-7-6-12-27(28)34/h5-8,11-19,24H,2-4,9-10,20H2,1H3/b30-19-,35-32?. The Morgan fingerprint density at radius 2 is 1.67 bits per heavy atom. The van der Waals surface area contributed by atoms with Crippen molar-refractivity contribution < 1.29 is 13.6 Å². The van der Waals surface area contributed by atoms with E-state index < -0.39 is 5.82 Å². The van der Waals surface area contributed by atoms with Crippen LogP contribution in [0.15, 0.2) is 82.7 Å². The molecule has 1 amide bonds. The predicted molar refractivity (Wildman–Crippen MR) is 155 cm³/mol. The monoisotopic (exact) mass is 541 g/mol. The summed E-state index contributed by atoms with van der Waals surface area (Å²) in [5.41, 5.74) is 4.27. The van der Waals surface area contributed by atoms with Crippen LogP contribution in [0.5, 0.6) is 0 Å². The van der Waals surface area contributed by atoms with Crippen molar-refractivity contribution in [3.8, 4) is 0 Å². The SMILES string of the molecule is Cc1c(/C=C2\SC(=Nc3ccccc3F)N(C3CCCCC3)C2=O)c2ccccc2n1Cc1ccc(F)cc1. The molecule has 2 fully saturated rings. The van der Waals surface area contributed by atoms with E-state index in [1.807, 2.05) is 25.1 Å². The number of amides is 1. The average molecular weight is 542 g/mol. The first-order chi connectivity index (χ1) is 19.0. The van der Waals surface area contributed by atoms with E-state index in [4.69, 9.17) is 0 Å². The molecule has 0 radical (unpaired) electrons. The number of carbonyl (C=O) groups excluding carboxylic acids is 1. The Morgan fingerprint density at radius 3 is 2.44 bits per heavy atom. The molecular formula is C32H29F2N3OS. The average Bonchev–Trinajstić information content (AvgIpc) is 3.40. The van der Waals surface area contributed by atoms with E-state index in [2.05, 4.69) is 21.7 Å². The Morgan fingerprint density at radius 1 is 0.949 bits per heavy atom. The number of halogens is 2. The van der Waals surface area contributed by atoms with Gasteiger partial charge in [-0.05, 0) is 73.5 Å². The van der Waals surface area contributed by atoms with Crippen molar-refractivity contribution in [2.24, 2.45) is 4.99 Å². The maximum Gasteiger partial charge on any atom is 0.267 e. The Balaban J connectivity index is 1.42. The number of hydrogen-bond acceptors (Lipinski definition) is 3. The number of nitrogens with zero attached hydrogens (tertiary/aromatic N) is 3. The van der Waals surface area contributed by atoms with Gasteiger partial charge >= 0.3 is 0 Å². The number of fused-ring (bicyclic) bond motifs is 1. The molecule has 0 unspecified atom stereocenters. The second-order valence-corrected chi connectivity index (χ2v) is 11.2. The van der Waals surface area contributed by atoms with Crippen LogP contribution in [-0.4, -0.2) is 26.6 Å². The lowest BCUT2D eigenvalue weighted by atomic mass is 9.94. The van der Waals surface area contributed by atoms with Crippen molar-refractivity contribution >= 4 is 45.5 Å². The van der Waals surface area contributed by atoms with Crippen molar-refractivity contribution in [2.75, 3.05) is 0 Å². The van der Waals surface area contributed by atoms with Gasteiger partial charge in [0.15, 0.2) is 5.17 Å². The second kappa shape index (κ2) is 10.8. The van der Waals surface area contributed by atoms with Crippen LogP contribution in [0.25, 0.3) is 17.0 Å². The number of benzene rings is 3. The van der Waals surface area contributed by atoms with Crippen molar-refractivity contribution in [3.05, 3.63) is 106 Å². The number of aromatic nitrogens is 1. The lowest BCUT2D eigenvalue weighted by molar-refractivity contribution is -0.124. The zero-order chi connectivity index (χ0) is 26.9. The molecule has 198 valence electrons. The molecule has 0 bridgehead atoms. The molecule has 0 atom stereocenters. The summed E-state index contributed by atoms with van der Waals surface area (Å²) in [7, 11) is 0. The Hall–Kier alpha value is -3.71. The summed E-state index contributed by atoms with van der Waals surface area (Å²) >= 11 is 1.32. The number of rotatable bonds is 5. The highest BCUT2D eigenvalue weighted by Gasteiger charge is 2.39. The summed E-state index contributed by atoms with van der Waals surface area (Å²) in [5, 5.41) is 1.58. The zero-order valence-electron chi connectivity index (χ0n) is 21.7. The highest BCUT2D eigenvalue weighted by atomic mass is 32.2. The highest BCUT2D eigenvalue weighted by molar-refractivity contribution is 8.18. The van der Waals surface area contributed by atoms with E-state index in [-0.39, 0.29) is 23.5 Å². The zero-order valence-corrected chi connectivity index (χ0v) is 22.6. The maximum atomic E-state index is 14.5. The molecule has 1 aliphatic carbocycles. The van der Waals surface area contributed by atoms with Crippen LogP contribution in [0.4, 0.5) is 14.5 Å². The Kier molecular flexibility index (Phi) is 7.09. The molecule has 0 spiro atoms. The number of thioether (sulfide) groups is 1. The summed E-state index contributed by atoms with van der Waals surface area (Å²) in [6.45, 7) is 2.64. The van der Waals surface area contributed by atoms with Gasteiger partial charge in [-0.3, -0.25) is 9.69 Å². The number of aliphatic imine (C=N–C) groups is 1. The van der Waals surface area contributed by atoms with Crippen LogP contribution in [0.3, 0.4) is 0 Å². The van der Waals surface area contributed by atoms with Crippen molar-refractivity contribution in [3.63, 3.8) is 0 Å². The van der Waals surface area contributed by atoms with E-state index in [1.165, 1.54) is 36.4 Å². The molecule has 3 aromatic carbocycles. The van der Waals surface area contributed by atoms with Crippen molar-refractivity contribution in [1.29, 1.82) is 0 Å². The molecule has 2 aliphatic rings. The largest absolute Gasteiger partial charge is 0.340 e. The van der Waals surface area contributed by atoms with Gasteiger partial charge in [-0.15, -0.1) is 0 Å². The third-order valence-corrected chi connectivity index (χ3v) is 8.64. The normalized spacial score (nSPS) is 18.6. The quantitative estimate of drug-likeness (QED) is 0.239. The van der Waals surface area contributed by atoms with Gasteiger partial charge in [0.1, 0.15) is 17.3 Å². The van der Waals surface area contributed by atoms with Gasteiger partial charge in [0, 0.05) is 34.7 Å². The third kappa shape index (κ3) is 5.03. The first kappa shape index (κ1) is 25.6. The fourth-order valence-electron chi connectivity index (χ4n) is 5.62. The van der Waals surface area contributed by atoms with Crippen LogP contribution in [-0.2, 0) is 11.3 Å². The molecule has 1 aliphatic heterocycles. The molecule has 1 aromatic heterocycles. The summed E-state index contributed by atoms with van der Waals surface area (Å²) in [6.07, 6.45) is 7.12. The first-order valence-corrected chi connectivity index (χ1v) is 14.2. The van der Waals surface area contributed by atoms with Crippen LogP contribution < -0.4 is 0 Å². The van der Waals surface area contributed by atoms with E-state index in [0.717, 1.165) is 53.4 Å². The highest BCUT2D eigenvalue weighted by Crippen LogP contribution is 2.40. The molecule has 1 saturated carbocycles. The number of amidine groups is 1. The Bertz CT molecular complexity index is 1600. The minimum Gasteiger partial charge on any atom is -0.340 e.